The minimum absolute atomic E-state index is 0.905. The number of rotatable bonds is 4. The lowest BCUT2D eigenvalue weighted by molar-refractivity contribution is 0.174. The van der Waals surface area contributed by atoms with E-state index in [2.05, 4.69) is 27.7 Å². The number of hydrogen-bond acceptors (Lipinski definition) is 0. The molecule has 1 rings (SSSR count). The van der Waals surface area contributed by atoms with E-state index < -0.39 is 0 Å². The van der Waals surface area contributed by atoms with E-state index in [9.17, 15) is 0 Å². The highest BCUT2D eigenvalue weighted by atomic mass is 14.3. The standard InChI is InChI=1S/C12H23/c1-5-12(9(2)3)8-11-6-10(4)7-11/h10-12H,5-8H2,1-4H3/q+1. The predicted octanol–water partition coefficient (Wildman–Crippen LogP) is 4.06. The Labute approximate surface area is 77.7 Å². The molecule has 1 atom stereocenters. The van der Waals surface area contributed by atoms with Crippen molar-refractivity contribution in [2.75, 3.05) is 0 Å². The summed E-state index contributed by atoms with van der Waals surface area (Å²) in [5, 5.41) is 0. The predicted molar refractivity (Wildman–Crippen MR) is 54.9 cm³/mol. The van der Waals surface area contributed by atoms with E-state index >= 15 is 0 Å². The molecule has 0 radical (unpaired) electrons. The molecule has 0 aromatic rings. The summed E-state index contributed by atoms with van der Waals surface area (Å²) in [5.74, 6) is 4.61. The fourth-order valence-electron chi connectivity index (χ4n) is 2.47. The van der Waals surface area contributed by atoms with Gasteiger partial charge in [-0.25, -0.2) is 0 Å². The molecule has 0 nitrogen and oxygen atoms in total. The zero-order valence-electron chi connectivity index (χ0n) is 9.06. The van der Waals surface area contributed by atoms with Crippen LogP contribution in [0.4, 0.5) is 0 Å². The van der Waals surface area contributed by atoms with Gasteiger partial charge in [0.1, 0.15) is 0 Å². The van der Waals surface area contributed by atoms with Gasteiger partial charge in [-0.15, -0.1) is 0 Å². The summed E-state index contributed by atoms with van der Waals surface area (Å²) in [6.45, 7) is 9.27. The zero-order valence-corrected chi connectivity index (χ0v) is 9.06. The maximum Gasteiger partial charge on any atom is 0.0996 e. The number of hydrogen-bond donors (Lipinski definition) is 0. The molecule has 1 fully saturated rings. The zero-order chi connectivity index (χ0) is 9.14. The first-order valence-corrected chi connectivity index (χ1v) is 5.43. The molecule has 0 saturated heterocycles. The Morgan fingerprint density at radius 3 is 2.25 bits per heavy atom. The lowest BCUT2D eigenvalue weighted by Gasteiger charge is -2.34. The molecule has 0 heteroatoms. The van der Waals surface area contributed by atoms with E-state index in [-0.39, 0.29) is 0 Å². The summed E-state index contributed by atoms with van der Waals surface area (Å²) >= 11 is 0. The quantitative estimate of drug-likeness (QED) is 0.554. The Morgan fingerprint density at radius 2 is 1.92 bits per heavy atom. The van der Waals surface area contributed by atoms with Gasteiger partial charge in [-0.2, -0.15) is 0 Å². The Hall–Kier alpha value is -0.130. The van der Waals surface area contributed by atoms with E-state index in [1.807, 2.05) is 0 Å². The third-order valence-corrected chi connectivity index (χ3v) is 3.40. The Kier molecular flexibility index (Phi) is 3.49. The Balaban J connectivity index is 2.19. The van der Waals surface area contributed by atoms with Crippen LogP contribution in [0.1, 0.15) is 53.4 Å². The van der Waals surface area contributed by atoms with Gasteiger partial charge in [0.2, 0.25) is 0 Å². The van der Waals surface area contributed by atoms with Crippen molar-refractivity contribution in [2.45, 2.75) is 53.4 Å². The van der Waals surface area contributed by atoms with Gasteiger partial charge in [-0.1, -0.05) is 13.8 Å². The van der Waals surface area contributed by atoms with E-state index in [1.54, 1.807) is 5.92 Å². The topological polar surface area (TPSA) is 0 Å². The molecule has 12 heavy (non-hydrogen) atoms. The fourth-order valence-corrected chi connectivity index (χ4v) is 2.47. The average molecular weight is 167 g/mol. The van der Waals surface area contributed by atoms with Crippen LogP contribution in [0.15, 0.2) is 0 Å². The third kappa shape index (κ3) is 2.43. The molecule has 1 unspecified atom stereocenters. The van der Waals surface area contributed by atoms with Gasteiger partial charge < -0.3 is 0 Å². The van der Waals surface area contributed by atoms with Gasteiger partial charge in [-0.3, -0.25) is 0 Å². The van der Waals surface area contributed by atoms with E-state index in [0.717, 1.165) is 17.8 Å². The van der Waals surface area contributed by atoms with Crippen LogP contribution in [0.2, 0.25) is 0 Å². The van der Waals surface area contributed by atoms with Crippen LogP contribution < -0.4 is 0 Å². The molecular formula is C12H23+. The molecule has 1 aliphatic rings. The lowest BCUT2D eigenvalue weighted by atomic mass is 9.70. The first-order chi connectivity index (χ1) is 5.63. The molecule has 70 valence electrons. The highest BCUT2D eigenvalue weighted by Crippen LogP contribution is 2.39. The van der Waals surface area contributed by atoms with Crippen molar-refractivity contribution in [3.63, 3.8) is 0 Å². The van der Waals surface area contributed by atoms with Crippen molar-refractivity contribution in [1.82, 2.24) is 0 Å². The van der Waals surface area contributed by atoms with E-state index in [1.165, 1.54) is 25.7 Å². The van der Waals surface area contributed by atoms with Crippen LogP contribution in [-0.2, 0) is 0 Å². The molecule has 0 aromatic carbocycles. The first kappa shape index (κ1) is 9.95. The third-order valence-electron chi connectivity index (χ3n) is 3.40. The molecule has 0 heterocycles. The summed E-state index contributed by atoms with van der Waals surface area (Å²) < 4.78 is 0. The molecule has 0 aromatic heterocycles. The molecule has 0 aliphatic heterocycles. The second-order valence-electron chi connectivity index (χ2n) is 4.86. The fraction of sp³-hybridized carbons (Fsp3) is 0.917. The van der Waals surface area contributed by atoms with Crippen LogP contribution >= 0.6 is 0 Å². The van der Waals surface area contributed by atoms with Gasteiger partial charge in [0.05, 0.1) is 25.7 Å². The molecule has 0 amide bonds. The second-order valence-corrected chi connectivity index (χ2v) is 4.86. The maximum absolute atomic E-state index is 2.37. The van der Waals surface area contributed by atoms with Gasteiger partial charge in [0, 0.05) is 0 Å². The normalized spacial score (nSPS) is 31.0. The summed E-state index contributed by atoms with van der Waals surface area (Å²) in [4.78, 5) is 0. The van der Waals surface area contributed by atoms with Crippen LogP contribution in [0.3, 0.4) is 0 Å². The van der Waals surface area contributed by atoms with Crippen molar-refractivity contribution in [3.05, 3.63) is 5.92 Å². The van der Waals surface area contributed by atoms with Crippen molar-refractivity contribution < 1.29 is 0 Å². The first-order valence-electron chi connectivity index (χ1n) is 5.43. The van der Waals surface area contributed by atoms with Crippen molar-refractivity contribution >= 4 is 0 Å². The lowest BCUT2D eigenvalue weighted by Crippen LogP contribution is -2.24. The summed E-state index contributed by atoms with van der Waals surface area (Å²) in [7, 11) is 0. The summed E-state index contributed by atoms with van der Waals surface area (Å²) in [6, 6.07) is 0. The van der Waals surface area contributed by atoms with Crippen molar-refractivity contribution in [3.8, 4) is 0 Å². The SMILES string of the molecule is CCC(CC1CC(C)C1)[C+](C)C. The minimum Gasteiger partial charge on any atom is -0.0625 e. The van der Waals surface area contributed by atoms with Gasteiger partial charge >= 0.3 is 0 Å². The van der Waals surface area contributed by atoms with Gasteiger partial charge in [0.25, 0.3) is 0 Å². The molecular weight excluding hydrogens is 144 g/mol. The smallest absolute Gasteiger partial charge is 0.0625 e. The molecule has 0 spiro atoms. The summed E-state index contributed by atoms with van der Waals surface area (Å²) in [6.07, 6.45) is 5.78. The largest absolute Gasteiger partial charge is 0.0996 e. The van der Waals surface area contributed by atoms with Crippen LogP contribution in [0.25, 0.3) is 0 Å². The van der Waals surface area contributed by atoms with Crippen LogP contribution in [0, 0.1) is 23.7 Å². The highest BCUT2D eigenvalue weighted by Gasteiger charge is 2.31. The van der Waals surface area contributed by atoms with E-state index in [4.69, 9.17) is 0 Å². The molecule has 0 N–H and O–H groups in total. The summed E-state index contributed by atoms with van der Waals surface area (Å²) in [5.41, 5.74) is 0. The van der Waals surface area contributed by atoms with E-state index in [0.29, 0.717) is 0 Å². The van der Waals surface area contributed by atoms with Gasteiger partial charge in [-0.05, 0) is 37.5 Å². The Bertz CT molecular complexity index is 120. The monoisotopic (exact) mass is 167 g/mol. The molecule has 0 bridgehead atoms. The second kappa shape index (κ2) is 4.20. The minimum atomic E-state index is 0.905. The average Bonchev–Trinajstić information content (AvgIpc) is 1.95. The van der Waals surface area contributed by atoms with Crippen LogP contribution in [0.5, 0.6) is 0 Å². The molecule has 1 saturated carbocycles. The maximum atomic E-state index is 2.37. The van der Waals surface area contributed by atoms with Crippen molar-refractivity contribution in [1.29, 1.82) is 0 Å². The van der Waals surface area contributed by atoms with Gasteiger partial charge in [0.15, 0.2) is 0 Å². The van der Waals surface area contributed by atoms with Crippen molar-refractivity contribution in [2.24, 2.45) is 17.8 Å². The molecule has 1 aliphatic carbocycles. The Morgan fingerprint density at radius 1 is 1.33 bits per heavy atom. The van der Waals surface area contributed by atoms with Crippen LogP contribution in [-0.4, -0.2) is 0 Å². The highest BCUT2D eigenvalue weighted by molar-refractivity contribution is 4.89.